The van der Waals surface area contributed by atoms with E-state index in [0.717, 1.165) is 12.1 Å². The maximum absolute atomic E-state index is 13.5. The summed E-state index contributed by atoms with van der Waals surface area (Å²) >= 11 is 5.70. The van der Waals surface area contributed by atoms with Crippen LogP contribution in [-0.2, 0) is 10.0 Å². The number of hydrogen-bond donors (Lipinski definition) is 1. The van der Waals surface area contributed by atoms with Crippen LogP contribution in [0.1, 0.15) is 5.69 Å². The van der Waals surface area contributed by atoms with Crippen molar-refractivity contribution in [2.75, 3.05) is 4.72 Å². The van der Waals surface area contributed by atoms with Crippen LogP contribution >= 0.6 is 11.6 Å². The molecule has 0 atom stereocenters. The monoisotopic (exact) mass is 318 g/mol. The van der Waals surface area contributed by atoms with E-state index in [2.05, 4.69) is 4.98 Å². The van der Waals surface area contributed by atoms with E-state index in [-0.39, 0.29) is 21.3 Å². The molecule has 0 bridgehead atoms. The Kier molecular flexibility index (Phi) is 3.92. The molecule has 0 aliphatic rings. The van der Waals surface area contributed by atoms with E-state index in [1.807, 2.05) is 4.72 Å². The molecular weight excluding hydrogens is 310 g/mol. The molecule has 1 aromatic heterocycles. The van der Waals surface area contributed by atoms with Gasteiger partial charge in [-0.2, -0.15) is 0 Å². The minimum atomic E-state index is -4.06. The van der Waals surface area contributed by atoms with Gasteiger partial charge in [-0.15, -0.1) is 0 Å². The number of nitrogens with zero attached hydrogens (tertiary/aromatic N) is 1. The molecule has 2 aromatic rings. The van der Waals surface area contributed by atoms with Crippen molar-refractivity contribution in [3.63, 3.8) is 0 Å². The zero-order chi connectivity index (χ0) is 14.9. The summed E-state index contributed by atoms with van der Waals surface area (Å²) in [4.78, 5) is 3.65. The summed E-state index contributed by atoms with van der Waals surface area (Å²) < 4.78 is 52.6. The summed E-state index contributed by atoms with van der Waals surface area (Å²) in [6.07, 6.45) is 1.30. The van der Waals surface area contributed by atoms with Crippen LogP contribution < -0.4 is 4.72 Å². The van der Waals surface area contributed by atoms with Gasteiger partial charge >= 0.3 is 0 Å². The predicted molar refractivity (Wildman–Crippen MR) is 71.2 cm³/mol. The molecule has 1 heterocycles. The fraction of sp³-hybridized carbons (Fsp3) is 0.0833. The van der Waals surface area contributed by atoms with E-state index < -0.39 is 21.7 Å². The van der Waals surface area contributed by atoms with Gasteiger partial charge in [0, 0.05) is 12.3 Å². The van der Waals surface area contributed by atoms with Gasteiger partial charge < -0.3 is 0 Å². The molecule has 0 fully saturated rings. The zero-order valence-electron chi connectivity index (χ0n) is 10.2. The number of aromatic nitrogens is 1. The number of anilines is 1. The highest BCUT2D eigenvalue weighted by Gasteiger charge is 2.20. The molecule has 0 amide bonds. The topological polar surface area (TPSA) is 59.1 Å². The highest BCUT2D eigenvalue weighted by molar-refractivity contribution is 7.92. The molecule has 8 heteroatoms. The fourth-order valence-corrected chi connectivity index (χ4v) is 3.04. The molecule has 4 nitrogen and oxygen atoms in total. The summed E-state index contributed by atoms with van der Waals surface area (Å²) in [6.45, 7) is 1.48. The first kappa shape index (κ1) is 14.7. The molecule has 106 valence electrons. The quantitative estimate of drug-likeness (QED) is 0.946. The zero-order valence-corrected chi connectivity index (χ0v) is 11.8. The van der Waals surface area contributed by atoms with Gasteiger partial charge in [0.1, 0.15) is 16.5 Å². The van der Waals surface area contributed by atoms with Gasteiger partial charge in [0.2, 0.25) is 0 Å². The first-order valence-electron chi connectivity index (χ1n) is 5.39. The van der Waals surface area contributed by atoms with Crippen LogP contribution in [0, 0.1) is 18.6 Å². The van der Waals surface area contributed by atoms with Gasteiger partial charge in [-0.25, -0.2) is 17.2 Å². The highest BCUT2D eigenvalue weighted by Crippen LogP contribution is 2.23. The van der Waals surface area contributed by atoms with Crippen LogP contribution in [0.25, 0.3) is 0 Å². The van der Waals surface area contributed by atoms with Crippen molar-refractivity contribution >= 4 is 27.3 Å². The van der Waals surface area contributed by atoms with Crippen LogP contribution in [-0.4, -0.2) is 13.4 Å². The van der Waals surface area contributed by atoms with Crippen molar-refractivity contribution < 1.29 is 17.2 Å². The lowest BCUT2D eigenvalue weighted by molar-refractivity contribution is 0.582. The standard InChI is InChI=1S/C12H9ClF2N2O2S/c1-7-12(4-8(13)6-16-7)20(18,19)17-11-3-2-9(14)5-10(11)15/h2-6,17H,1H3. The van der Waals surface area contributed by atoms with E-state index in [1.165, 1.54) is 19.2 Å². The number of aryl methyl sites for hydroxylation is 1. The maximum atomic E-state index is 13.5. The lowest BCUT2D eigenvalue weighted by Gasteiger charge is -2.10. The SMILES string of the molecule is Cc1ncc(Cl)cc1S(=O)(=O)Nc1ccc(F)cc1F. The number of halogens is 3. The van der Waals surface area contributed by atoms with Crippen molar-refractivity contribution in [3.8, 4) is 0 Å². The van der Waals surface area contributed by atoms with Gasteiger partial charge in [-0.05, 0) is 25.1 Å². The second-order valence-electron chi connectivity index (χ2n) is 3.97. The Labute approximate surface area is 119 Å². The Hall–Kier alpha value is -1.73. The summed E-state index contributed by atoms with van der Waals surface area (Å²) in [6, 6.07) is 3.73. The van der Waals surface area contributed by atoms with Crippen molar-refractivity contribution in [3.05, 3.63) is 52.8 Å². The Morgan fingerprint density at radius 3 is 2.60 bits per heavy atom. The Morgan fingerprint density at radius 2 is 1.95 bits per heavy atom. The molecule has 20 heavy (non-hydrogen) atoms. The molecule has 0 radical (unpaired) electrons. The van der Waals surface area contributed by atoms with Crippen molar-refractivity contribution in [2.24, 2.45) is 0 Å². The van der Waals surface area contributed by atoms with Crippen molar-refractivity contribution in [1.29, 1.82) is 0 Å². The normalized spacial score (nSPS) is 11.4. The average Bonchev–Trinajstić information content (AvgIpc) is 2.35. The van der Waals surface area contributed by atoms with Gasteiger partial charge in [-0.3, -0.25) is 9.71 Å². The van der Waals surface area contributed by atoms with E-state index in [9.17, 15) is 17.2 Å². The second-order valence-corrected chi connectivity index (χ2v) is 6.05. The smallest absolute Gasteiger partial charge is 0.263 e. The third kappa shape index (κ3) is 3.05. The lowest BCUT2D eigenvalue weighted by Crippen LogP contribution is -2.15. The summed E-state index contributed by atoms with van der Waals surface area (Å²) in [7, 11) is -4.06. The second kappa shape index (κ2) is 5.34. The average molecular weight is 319 g/mol. The Bertz CT molecular complexity index is 766. The van der Waals surface area contributed by atoms with Gasteiger partial charge in [-0.1, -0.05) is 11.6 Å². The minimum absolute atomic E-state index is 0.135. The Balaban J connectivity index is 2.43. The van der Waals surface area contributed by atoms with E-state index in [0.29, 0.717) is 6.07 Å². The highest BCUT2D eigenvalue weighted by atomic mass is 35.5. The molecule has 2 rings (SSSR count). The minimum Gasteiger partial charge on any atom is -0.277 e. The van der Waals surface area contributed by atoms with Gasteiger partial charge in [0.15, 0.2) is 0 Å². The fourth-order valence-electron chi connectivity index (χ4n) is 1.53. The largest absolute Gasteiger partial charge is 0.277 e. The van der Waals surface area contributed by atoms with Crippen LogP contribution in [0.15, 0.2) is 35.4 Å². The molecule has 0 aliphatic heterocycles. The van der Waals surface area contributed by atoms with Crippen LogP contribution in [0.2, 0.25) is 5.02 Å². The number of sulfonamides is 1. The molecule has 0 spiro atoms. The first-order chi connectivity index (χ1) is 9.29. The summed E-state index contributed by atoms with van der Waals surface area (Å²) in [5.74, 6) is -1.81. The number of pyridine rings is 1. The predicted octanol–water partition coefficient (Wildman–Crippen LogP) is 3.12. The number of rotatable bonds is 3. The molecular formula is C12H9ClF2N2O2S. The van der Waals surface area contributed by atoms with Crippen LogP contribution in [0.5, 0.6) is 0 Å². The molecule has 0 unspecified atom stereocenters. The van der Waals surface area contributed by atoms with Gasteiger partial charge in [0.25, 0.3) is 10.0 Å². The third-order valence-electron chi connectivity index (χ3n) is 2.47. The molecule has 0 saturated carbocycles. The first-order valence-corrected chi connectivity index (χ1v) is 7.26. The van der Waals surface area contributed by atoms with E-state index in [1.54, 1.807) is 0 Å². The lowest BCUT2D eigenvalue weighted by atomic mass is 10.3. The molecule has 1 aromatic carbocycles. The summed E-state index contributed by atoms with van der Waals surface area (Å²) in [5.41, 5.74) is -0.143. The summed E-state index contributed by atoms with van der Waals surface area (Å²) in [5, 5.41) is 0.135. The van der Waals surface area contributed by atoms with Gasteiger partial charge in [0.05, 0.1) is 16.4 Å². The number of nitrogens with one attached hydrogen (secondary N) is 1. The number of hydrogen-bond acceptors (Lipinski definition) is 3. The van der Waals surface area contributed by atoms with Crippen LogP contribution in [0.3, 0.4) is 0 Å². The molecule has 0 saturated heterocycles. The molecule has 1 N–H and O–H groups in total. The van der Waals surface area contributed by atoms with E-state index >= 15 is 0 Å². The van der Waals surface area contributed by atoms with E-state index in [4.69, 9.17) is 11.6 Å². The Morgan fingerprint density at radius 1 is 1.25 bits per heavy atom. The number of benzene rings is 1. The maximum Gasteiger partial charge on any atom is 0.263 e. The molecule has 0 aliphatic carbocycles. The third-order valence-corrected chi connectivity index (χ3v) is 4.16. The van der Waals surface area contributed by atoms with Crippen LogP contribution in [0.4, 0.5) is 14.5 Å². The van der Waals surface area contributed by atoms with Crippen molar-refractivity contribution in [2.45, 2.75) is 11.8 Å². The van der Waals surface area contributed by atoms with Crippen molar-refractivity contribution in [1.82, 2.24) is 4.98 Å².